The van der Waals surface area contributed by atoms with Crippen LogP contribution >= 0.6 is 0 Å². The van der Waals surface area contributed by atoms with Crippen LogP contribution in [0, 0.1) is 25.7 Å². The second kappa shape index (κ2) is 6.44. The Morgan fingerprint density at radius 3 is 2.32 bits per heavy atom. The molecule has 1 aromatic carbocycles. The normalized spacial score (nSPS) is 26.9. The van der Waals surface area contributed by atoms with Gasteiger partial charge in [-0.3, -0.25) is 9.59 Å². The zero-order chi connectivity index (χ0) is 18.4. The summed E-state index contributed by atoms with van der Waals surface area (Å²) >= 11 is 0. The first-order chi connectivity index (χ1) is 11.7. The van der Waals surface area contributed by atoms with Gasteiger partial charge in [0.05, 0.1) is 23.3 Å². The molecule has 3 rings (SSSR count). The molecule has 7 heteroatoms. The lowest BCUT2D eigenvalue weighted by molar-refractivity contribution is -0.134. The van der Waals surface area contributed by atoms with E-state index in [1.807, 2.05) is 32.0 Å². The lowest BCUT2D eigenvalue weighted by atomic mass is 10.1. The maximum atomic E-state index is 12.5. The number of nitrogens with one attached hydrogen (secondary N) is 1. The molecular formula is C18H24N2O4S. The van der Waals surface area contributed by atoms with E-state index in [0.717, 1.165) is 16.8 Å². The summed E-state index contributed by atoms with van der Waals surface area (Å²) in [5.41, 5.74) is 2.89. The number of hydrogen-bond donors (Lipinski definition) is 1. The highest BCUT2D eigenvalue weighted by atomic mass is 32.2. The quantitative estimate of drug-likeness (QED) is 0.878. The van der Waals surface area contributed by atoms with Crippen molar-refractivity contribution in [1.29, 1.82) is 0 Å². The first kappa shape index (κ1) is 17.9. The summed E-state index contributed by atoms with van der Waals surface area (Å²) in [5, 5.41) is 2.89. The van der Waals surface area contributed by atoms with Gasteiger partial charge in [-0.2, -0.15) is 0 Å². The van der Waals surface area contributed by atoms with Gasteiger partial charge < -0.3 is 10.2 Å². The van der Waals surface area contributed by atoms with Gasteiger partial charge in [0.2, 0.25) is 11.8 Å². The van der Waals surface area contributed by atoms with E-state index in [9.17, 15) is 18.0 Å². The summed E-state index contributed by atoms with van der Waals surface area (Å²) in [5.74, 6) is -0.760. The third kappa shape index (κ3) is 4.03. The Labute approximate surface area is 148 Å². The van der Waals surface area contributed by atoms with E-state index >= 15 is 0 Å². The summed E-state index contributed by atoms with van der Waals surface area (Å²) in [6.45, 7) is 3.94. The molecule has 2 fully saturated rings. The molecule has 3 unspecified atom stereocenters. The molecule has 25 heavy (non-hydrogen) atoms. The van der Waals surface area contributed by atoms with Gasteiger partial charge in [0, 0.05) is 18.8 Å². The number of amides is 2. The lowest BCUT2D eigenvalue weighted by Crippen LogP contribution is -2.39. The van der Waals surface area contributed by atoms with E-state index in [1.165, 1.54) is 4.90 Å². The smallest absolute Gasteiger partial charge is 0.228 e. The van der Waals surface area contributed by atoms with E-state index in [4.69, 9.17) is 0 Å². The average Bonchev–Trinajstić information content (AvgIpc) is 3.22. The number of carbonyl (C=O) groups is 2. The Morgan fingerprint density at radius 1 is 1.12 bits per heavy atom. The summed E-state index contributed by atoms with van der Waals surface area (Å²) in [6, 6.07) is 5.57. The van der Waals surface area contributed by atoms with Gasteiger partial charge in [0.25, 0.3) is 0 Å². The monoisotopic (exact) mass is 364 g/mol. The van der Waals surface area contributed by atoms with Crippen molar-refractivity contribution in [3.63, 3.8) is 0 Å². The molecule has 0 spiro atoms. The fourth-order valence-corrected chi connectivity index (χ4v) is 5.34. The van der Waals surface area contributed by atoms with Crippen molar-refractivity contribution in [2.75, 3.05) is 23.9 Å². The van der Waals surface area contributed by atoms with Crippen molar-refractivity contribution >= 4 is 27.3 Å². The highest BCUT2D eigenvalue weighted by Crippen LogP contribution is 2.41. The van der Waals surface area contributed by atoms with Crippen LogP contribution in [0.15, 0.2) is 18.2 Å². The fraction of sp³-hybridized carbons (Fsp3) is 0.556. The molecule has 2 amide bonds. The first-order valence-electron chi connectivity index (χ1n) is 8.52. The molecule has 1 aliphatic carbocycles. The Kier molecular flexibility index (Phi) is 4.62. The topological polar surface area (TPSA) is 83.6 Å². The van der Waals surface area contributed by atoms with Gasteiger partial charge in [-0.15, -0.1) is 0 Å². The van der Waals surface area contributed by atoms with Crippen molar-refractivity contribution in [1.82, 2.24) is 4.90 Å². The van der Waals surface area contributed by atoms with E-state index in [2.05, 4.69) is 5.32 Å². The van der Waals surface area contributed by atoms with Crippen molar-refractivity contribution in [2.24, 2.45) is 11.8 Å². The summed E-state index contributed by atoms with van der Waals surface area (Å²) < 4.78 is 23.2. The molecule has 1 aromatic rings. The molecule has 6 nitrogen and oxygen atoms in total. The minimum atomic E-state index is -3.03. The molecule has 1 saturated carbocycles. The minimum Gasteiger partial charge on any atom is -0.341 e. The largest absolute Gasteiger partial charge is 0.341 e. The molecule has 0 radical (unpaired) electrons. The van der Waals surface area contributed by atoms with Gasteiger partial charge in [-0.05, 0) is 49.9 Å². The van der Waals surface area contributed by atoms with Crippen molar-refractivity contribution < 1.29 is 18.0 Å². The number of aryl methyl sites for hydroxylation is 2. The van der Waals surface area contributed by atoms with Gasteiger partial charge in [-0.25, -0.2) is 8.42 Å². The van der Waals surface area contributed by atoms with Gasteiger partial charge in [-0.1, -0.05) is 6.07 Å². The number of hydrogen-bond acceptors (Lipinski definition) is 4. The number of carbonyl (C=O) groups excluding carboxylic acids is 2. The van der Waals surface area contributed by atoms with Crippen LogP contribution < -0.4 is 5.32 Å². The van der Waals surface area contributed by atoms with Gasteiger partial charge >= 0.3 is 0 Å². The summed E-state index contributed by atoms with van der Waals surface area (Å²) in [4.78, 5) is 26.4. The first-order valence-corrected chi connectivity index (χ1v) is 10.3. The zero-order valence-corrected chi connectivity index (χ0v) is 15.6. The molecule has 0 aromatic heterocycles. The molecule has 0 bridgehead atoms. The maximum absolute atomic E-state index is 12.5. The third-order valence-electron chi connectivity index (χ3n) is 5.04. The molecular weight excluding hydrogens is 340 g/mol. The number of rotatable bonds is 4. The third-order valence-corrected chi connectivity index (χ3v) is 6.79. The number of anilines is 1. The van der Waals surface area contributed by atoms with Gasteiger partial charge in [0.15, 0.2) is 9.84 Å². The molecule has 1 heterocycles. The Morgan fingerprint density at radius 2 is 1.76 bits per heavy atom. The summed E-state index contributed by atoms with van der Waals surface area (Å²) in [7, 11) is -1.39. The van der Waals surface area contributed by atoms with Crippen LogP contribution in [0.5, 0.6) is 0 Å². The van der Waals surface area contributed by atoms with Crippen LogP contribution in [0.3, 0.4) is 0 Å². The SMILES string of the molecule is Cc1cc(C)cc(NC(=O)C2CC2C(=O)N(C)C2CCS(=O)(=O)C2)c1. The second-order valence-electron chi connectivity index (χ2n) is 7.32. The van der Waals surface area contributed by atoms with Gasteiger partial charge in [0.1, 0.15) is 0 Å². The number of benzene rings is 1. The predicted octanol–water partition coefficient (Wildman–Crippen LogP) is 1.52. The highest BCUT2D eigenvalue weighted by Gasteiger charge is 2.50. The molecule has 3 atom stereocenters. The molecule has 1 saturated heterocycles. The van der Waals surface area contributed by atoms with Crippen LogP contribution in [0.2, 0.25) is 0 Å². The second-order valence-corrected chi connectivity index (χ2v) is 9.55. The molecule has 136 valence electrons. The fourth-order valence-electron chi connectivity index (χ4n) is 3.56. The van der Waals surface area contributed by atoms with E-state index in [-0.39, 0.29) is 41.2 Å². The van der Waals surface area contributed by atoms with Crippen LogP contribution in [0.1, 0.15) is 24.0 Å². The molecule has 1 aliphatic heterocycles. The van der Waals surface area contributed by atoms with E-state index < -0.39 is 9.84 Å². The lowest BCUT2D eigenvalue weighted by Gasteiger charge is -2.23. The average molecular weight is 364 g/mol. The number of nitrogens with zero attached hydrogens (tertiary/aromatic N) is 1. The van der Waals surface area contributed by atoms with Crippen LogP contribution in [0.4, 0.5) is 5.69 Å². The Balaban J connectivity index is 1.58. The standard InChI is InChI=1S/C18H24N2O4S/c1-11-6-12(2)8-13(7-11)19-17(21)15-9-16(15)18(22)20(3)14-4-5-25(23,24)10-14/h6-8,14-16H,4-5,9-10H2,1-3H3,(H,19,21). The maximum Gasteiger partial charge on any atom is 0.228 e. The molecule has 1 N–H and O–H groups in total. The zero-order valence-electron chi connectivity index (χ0n) is 14.8. The minimum absolute atomic E-state index is 0.0292. The van der Waals surface area contributed by atoms with E-state index in [0.29, 0.717) is 12.8 Å². The van der Waals surface area contributed by atoms with Crippen LogP contribution in [-0.2, 0) is 19.4 Å². The summed E-state index contributed by atoms with van der Waals surface area (Å²) in [6.07, 6.45) is 1.01. The van der Waals surface area contributed by atoms with E-state index in [1.54, 1.807) is 7.05 Å². The van der Waals surface area contributed by atoms with Crippen molar-refractivity contribution in [2.45, 2.75) is 32.7 Å². The Hall–Kier alpha value is -1.89. The van der Waals surface area contributed by atoms with Crippen molar-refractivity contribution in [3.8, 4) is 0 Å². The predicted molar refractivity (Wildman–Crippen MR) is 96.0 cm³/mol. The highest BCUT2D eigenvalue weighted by molar-refractivity contribution is 7.91. The molecule has 2 aliphatic rings. The van der Waals surface area contributed by atoms with Crippen LogP contribution in [0.25, 0.3) is 0 Å². The number of sulfone groups is 1. The van der Waals surface area contributed by atoms with Crippen molar-refractivity contribution in [3.05, 3.63) is 29.3 Å². The Bertz CT molecular complexity index is 798. The van der Waals surface area contributed by atoms with Crippen LogP contribution in [-0.4, -0.2) is 49.7 Å².